The molecule has 0 bridgehead atoms. The van der Waals surface area contributed by atoms with Gasteiger partial charge < -0.3 is 15.3 Å². The van der Waals surface area contributed by atoms with Gasteiger partial charge in [-0.3, -0.25) is 4.90 Å². The third-order valence-corrected chi connectivity index (χ3v) is 3.95. The van der Waals surface area contributed by atoms with Gasteiger partial charge in [-0.05, 0) is 24.0 Å². The van der Waals surface area contributed by atoms with Crippen LogP contribution in [0.2, 0.25) is 0 Å². The summed E-state index contributed by atoms with van der Waals surface area (Å²) in [5.41, 5.74) is 2.20. The molecule has 0 aliphatic rings. The normalized spacial score (nSPS) is 12.8. The molecule has 4 heteroatoms. The Bertz CT molecular complexity index is 374. The molecular weight excluding hydrogens is 278 g/mol. The van der Waals surface area contributed by atoms with Gasteiger partial charge in [0.1, 0.15) is 0 Å². The van der Waals surface area contributed by atoms with Crippen molar-refractivity contribution in [3.05, 3.63) is 35.4 Å². The standard InChI is InChI=1S/C18H31NO3/c1-2-3-4-5-6-16-7-9-17(10-8-16)18(22)15-19(11-13-20)12-14-21/h7-10,18,20-22H,2-6,11-15H2,1H3. The first-order valence-corrected chi connectivity index (χ1v) is 8.42. The number of benzene rings is 1. The summed E-state index contributed by atoms with van der Waals surface area (Å²) in [6.07, 6.45) is 5.55. The van der Waals surface area contributed by atoms with Crippen LogP contribution in [0.4, 0.5) is 0 Å². The third kappa shape index (κ3) is 7.36. The maximum atomic E-state index is 10.3. The maximum Gasteiger partial charge on any atom is 0.0916 e. The number of unbranched alkanes of at least 4 members (excludes halogenated alkanes) is 3. The molecule has 1 aromatic carbocycles. The van der Waals surface area contributed by atoms with Gasteiger partial charge in [0.15, 0.2) is 0 Å². The molecule has 0 aliphatic carbocycles. The van der Waals surface area contributed by atoms with Crippen LogP contribution in [0, 0.1) is 0 Å². The Labute approximate surface area is 134 Å². The summed E-state index contributed by atoms with van der Waals surface area (Å²) < 4.78 is 0. The van der Waals surface area contributed by atoms with E-state index in [2.05, 4.69) is 19.1 Å². The van der Waals surface area contributed by atoms with Crippen molar-refractivity contribution in [2.75, 3.05) is 32.8 Å². The highest BCUT2D eigenvalue weighted by Gasteiger charge is 2.13. The lowest BCUT2D eigenvalue weighted by Crippen LogP contribution is -2.33. The number of aliphatic hydroxyl groups excluding tert-OH is 3. The van der Waals surface area contributed by atoms with Gasteiger partial charge in [-0.1, -0.05) is 50.5 Å². The van der Waals surface area contributed by atoms with Crippen LogP contribution in [0.15, 0.2) is 24.3 Å². The van der Waals surface area contributed by atoms with Crippen LogP contribution in [-0.4, -0.2) is 53.1 Å². The molecule has 1 aromatic rings. The van der Waals surface area contributed by atoms with Crippen LogP contribution in [0.25, 0.3) is 0 Å². The Balaban J connectivity index is 2.46. The maximum absolute atomic E-state index is 10.3. The average Bonchev–Trinajstić information content (AvgIpc) is 2.52. The van der Waals surface area contributed by atoms with E-state index in [0.717, 1.165) is 12.0 Å². The van der Waals surface area contributed by atoms with E-state index >= 15 is 0 Å². The fraction of sp³-hybridized carbons (Fsp3) is 0.667. The zero-order valence-electron chi connectivity index (χ0n) is 13.7. The van der Waals surface area contributed by atoms with Gasteiger partial charge in [0.05, 0.1) is 19.3 Å². The molecule has 0 aromatic heterocycles. The monoisotopic (exact) mass is 309 g/mol. The first-order valence-electron chi connectivity index (χ1n) is 8.42. The molecular formula is C18H31NO3. The van der Waals surface area contributed by atoms with Crippen molar-refractivity contribution in [3.8, 4) is 0 Å². The zero-order chi connectivity index (χ0) is 16.2. The van der Waals surface area contributed by atoms with E-state index in [1.54, 1.807) is 0 Å². The summed E-state index contributed by atoms with van der Waals surface area (Å²) in [7, 11) is 0. The smallest absolute Gasteiger partial charge is 0.0916 e. The summed E-state index contributed by atoms with van der Waals surface area (Å²) in [5, 5.41) is 28.3. The summed E-state index contributed by atoms with van der Waals surface area (Å²) >= 11 is 0. The predicted molar refractivity (Wildman–Crippen MR) is 89.9 cm³/mol. The van der Waals surface area contributed by atoms with Gasteiger partial charge in [0.2, 0.25) is 0 Å². The molecule has 0 saturated carbocycles. The van der Waals surface area contributed by atoms with E-state index in [9.17, 15) is 5.11 Å². The Hall–Kier alpha value is -0.940. The van der Waals surface area contributed by atoms with Crippen LogP contribution in [-0.2, 0) is 6.42 Å². The minimum atomic E-state index is -0.591. The van der Waals surface area contributed by atoms with Crippen LogP contribution in [0.5, 0.6) is 0 Å². The molecule has 0 saturated heterocycles. The minimum absolute atomic E-state index is 0.0312. The topological polar surface area (TPSA) is 63.9 Å². The summed E-state index contributed by atoms with van der Waals surface area (Å²) in [4.78, 5) is 1.86. The highest BCUT2D eigenvalue weighted by molar-refractivity contribution is 5.24. The van der Waals surface area contributed by atoms with Crippen LogP contribution < -0.4 is 0 Å². The van der Waals surface area contributed by atoms with Crippen molar-refractivity contribution in [1.29, 1.82) is 0 Å². The number of rotatable bonds is 12. The molecule has 0 radical (unpaired) electrons. The Morgan fingerprint density at radius 2 is 1.59 bits per heavy atom. The summed E-state index contributed by atoms with van der Waals surface area (Å²) in [6, 6.07) is 8.14. The third-order valence-electron chi connectivity index (χ3n) is 3.95. The molecule has 3 N–H and O–H groups in total. The lowest BCUT2D eigenvalue weighted by Gasteiger charge is -2.23. The van der Waals surface area contributed by atoms with Gasteiger partial charge in [-0.15, -0.1) is 0 Å². The Kier molecular flexibility index (Phi) is 10.1. The molecule has 126 valence electrons. The second-order valence-corrected chi connectivity index (χ2v) is 5.82. The van der Waals surface area contributed by atoms with E-state index in [-0.39, 0.29) is 13.2 Å². The fourth-order valence-corrected chi connectivity index (χ4v) is 2.59. The van der Waals surface area contributed by atoms with Crippen molar-refractivity contribution in [2.45, 2.75) is 45.1 Å². The van der Waals surface area contributed by atoms with Crippen molar-refractivity contribution >= 4 is 0 Å². The minimum Gasteiger partial charge on any atom is -0.395 e. The van der Waals surface area contributed by atoms with Crippen LogP contribution in [0.1, 0.15) is 49.8 Å². The van der Waals surface area contributed by atoms with Gasteiger partial charge in [-0.2, -0.15) is 0 Å². The number of hydrogen-bond donors (Lipinski definition) is 3. The first-order chi connectivity index (χ1) is 10.7. The predicted octanol–water partition coefficient (Wildman–Crippen LogP) is 2.13. The molecule has 22 heavy (non-hydrogen) atoms. The molecule has 0 aliphatic heterocycles. The lowest BCUT2D eigenvalue weighted by atomic mass is 10.0. The quantitative estimate of drug-likeness (QED) is 0.518. The number of aryl methyl sites for hydroxylation is 1. The SMILES string of the molecule is CCCCCCc1ccc(C(O)CN(CCO)CCO)cc1. The molecule has 0 spiro atoms. The number of nitrogens with zero attached hydrogens (tertiary/aromatic N) is 1. The molecule has 1 rings (SSSR count). The molecule has 0 amide bonds. The largest absolute Gasteiger partial charge is 0.395 e. The molecule has 0 heterocycles. The Morgan fingerprint density at radius 3 is 2.14 bits per heavy atom. The fourth-order valence-electron chi connectivity index (χ4n) is 2.59. The highest BCUT2D eigenvalue weighted by Crippen LogP contribution is 2.16. The van der Waals surface area contributed by atoms with E-state index in [1.807, 2.05) is 17.0 Å². The van der Waals surface area contributed by atoms with Crippen LogP contribution in [0.3, 0.4) is 0 Å². The zero-order valence-corrected chi connectivity index (χ0v) is 13.7. The summed E-state index contributed by atoms with van der Waals surface area (Å²) in [5.74, 6) is 0. The van der Waals surface area contributed by atoms with E-state index in [4.69, 9.17) is 10.2 Å². The van der Waals surface area contributed by atoms with Gasteiger partial charge in [0.25, 0.3) is 0 Å². The van der Waals surface area contributed by atoms with Crippen LogP contribution >= 0.6 is 0 Å². The first kappa shape index (κ1) is 19.1. The second-order valence-electron chi connectivity index (χ2n) is 5.82. The second kappa shape index (κ2) is 11.6. The molecule has 4 nitrogen and oxygen atoms in total. The van der Waals surface area contributed by atoms with Crippen molar-refractivity contribution in [3.63, 3.8) is 0 Å². The van der Waals surface area contributed by atoms with E-state index in [1.165, 1.54) is 31.2 Å². The molecule has 0 fully saturated rings. The van der Waals surface area contributed by atoms with Crippen molar-refractivity contribution in [1.82, 2.24) is 4.90 Å². The van der Waals surface area contributed by atoms with Gasteiger partial charge in [-0.25, -0.2) is 0 Å². The van der Waals surface area contributed by atoms with Crippen molar-refractivity contribution in [2.24, 2.45) is 0 Å². The Morgan fingerprint density at radius 1 is 0.955 bits per heavy atom. The molecule has 1 atom stereocenters. The highest BCUT2D eigenvalue weighted by atomic mass is 16.3. The number of hydrogen-bond acceptors (Lipinski definition) is 4. The molecule has 1 unspecified atom stereocenters. The number of aliphatic hydroxyl groups is 3. The van der Waals surface area contributed by atoms with Gasteiger partial charge in [0, 0.05) is 19.6 Å². The van der Waals surface area contributed by atoms with Gasteiger partial charge >= 0.3 is 0 Å². The average molecular weight is 309 g/mol. The van der Waals surface area contributed by atoms with E-state index in [0.29, 0.717) is 19.6 Å². The summed E-state index contributed by atoms with van der Waals surface area (Å²) in [6.45, 7) is 3.64. The lowest BCUT2D eigenvalue weighted by molar-refractivity contribution is 0.0874. The van der Waals surface area contributed by atoms with E-state index < -0.39 is 6.10 Å². The van der Waals surface area contributed by atoms with Crippen molar-refractivity contribution < 1.29 is 15.3 Å².